The lowest BCUT2D eigenvalue weighted by atomic mass is 10.3. The standard InChI is InChI=1S/C10H16N2O/c1-5-8(2)11-12-9(3)6-7-10(4)13/h6-7H,5H2,1-4H3/b7-6-,11-8+,12-9+. The predicted octanol–water partition coefficient (Wildman–Crippen LogP) is 2.38. The van der Waals surface area contributed by atoms with Gasteiger partial charge in [0.2, 0.25) is 0 Å². The number of ketones is 1. The van der Waals surface area contributed by atoms with Crippen LogP contribution in [0.4, 0.5) is 0 Å². The first kappa shape index (κ1) is 11.8. The number of carbonyl (C=O) groups is 1. The molecule has 0 aliphatic carbocycles. The lowest BCUT2D eigenvalue weighted by Crippen LogP contribution is -1.89. The summed E-state index contributed by atoms with van der Waals surface area (Å²) in [6.45, 7) is 7.26. The van der Waals surface area contributed by atoms with Gasteiger partial charge in [0.25, 0.3) is 0 Å². The molecule has 13 heavy (non-hydrogen) atoms. The molecule has 0 atom stereocenters. The van der Waals surface area contributed by atoms with Crippen LogP contribution in [0.15, 0.2) is 22.4 Å². The molecule has 0 saturated carbocycles. The minimum absolute atomic E-state index is 0.0192. The summed E-state index contributed by atoms with van der Waals surface area (Å²) >= 11 is 0. The first-order valence-corrected chi connectivity index (χ1v) is 4.32. The smallest absolute Gasteiger partial charge is 0.152 e. The van der Waals surface area contributed by atoms with Gasteiger partial charge in [0.05, 0.1) is 5.71 Å². The highest BCUT2D eigenvalue weighted by Gasteiger charge is 1.86. The van der Waals surface area contributed by atoms with E-state index in [0.29, 0.717) is 0 Å². The Kier molecular flexibility index (Phi) is 5.68. The molecule has 0 fully saturated rings. The third-order valence-corrected chi connectivity index (χ3v) is 1.45. The van der Waals surface area contributed by atoms with Gasteiger partial charge in [-0.2, -0.15) is 10.2 Å². The molecule has 0 N–H and O–H groups in total. The Morgan fingerprint density at radius 1 is 1.15 bits per heavy atom. The fourth-order valence-electron chi connectivity index (χ4n) is 0.506. The molecule has 0 spiro atoms. The molecule has 72 valence electrons. The van der Waals surface area contributed by atoms with Gasteiger partial charge < -0.3 is 0 Å². The van der Waals surface area contributed by atoms with E-state index in [2.05, 4.69) is 10.2 Å². The molecule has 0 rings (SSSR count). The Balaban J connectivity index is 4.26. The van der Waals surface area contributed by atoms with Crippen LogP contribution in [-0.2, 0) is 4.79 Å². The average Bonchev–Trinajstić information content (AvgIpc) is 2.10. The van der Waals surface area contributed by atoms with E-state index in [1.807, 2.05) is 20.8 Å². The molecule has 0 aliphatic rings. The first-order chi connectivity index (χ1) is 6.06. The second-order valence-corrected chi connectivity index (χ2v) is 2.87. The van der Waals surface area contributed by atoms with Crippen molar-refractivity contribution in [1.29, 1.82) is 0 Å². The van der Waals surface area contributed by atoms with Crippen molar-refractivity contribution in [2.24, 2.45) is 10.2 Å². The Labute approximate surface area is 79.3 Å². The normalized spacial score (nSPS) is 13.8. The summed E-state index contributed by atoms with van der Waals surface area (Å²) in [5, 5.41) is 7.90. The van der Waals surface area contributed by atoms with Crippen molar-refractivity contribution in [2.45, 2.75) is 34.1 Å². The highest BCUT2D eigenvalue weighted by molar-refractivity contribution is 5.99. The molecule has 0 aromatic carbocycles. The van der Waals surface area contributed by atoms with Crippen LogP contribution in [-0.4, -0.2) is 17.2 Å². The summed E-state index contributed by atoms with van der Waals surface area (Å²) in [4.78, 5) is 10.6. The molecule has 3 nitrogen and oxygen atoms in total. The van der Waals surface area contributed by atoms with Crippen LogP contribution in [0.25, 0.3) is 0 Å². The molecule has 0 aromatic rings. The van der Waals surface area contributed by atoms with E-state index in [4.69, 9.17) is 0 Å². The van der Waals surface area contributed by atoms with Gasteiger partial charge in [-0.05, 0) is 39.3 Å². The van der Waals surface area contributed by atoms with E-state index in [1.165, 1.54) is 13.0 Å². The average molecular weight is 180 g/mol. The quantitative estimate of drug-likeness (QED) is 0.372. The van der Waals surface area contributed by atoms with E-state index in [0.717, 1.165) is 17.8 Å². The van der Waals surface area contributed by atoms with Crippen LogP contribution in [0.5, 0.6) is 0 Å². The van der Waals surface area contributed by atoms with Gasteiger partial charge in [-0.25, -0.2) is 0 Å². The van der Waals surface area contributed by atoms with Gasteiger partial charge >= 0.3 is 0 Å². The van der Waals surface area contributed by atoms with E-state index in [1.54, 1.807) is 6.08 Å². The molecular weight excluding hydrogens is 164 g/mol. The summed E-state index contributed by atoms with van der Waals surface area (Å²) in [6.07, 6.45) is 4.04. The third kappa shape index (κ3) is 7.12. The number of hydrogen-bond donors (Lipinski definition) is 0. The van der Waals surface area contributed by atoms with Crippen LogP contribution < -0.4 is 0 Å². The zero-order chi connectivity index (χ0) is 10.3. The number of rotatable bonds is 4. The van der Waals surface area contributed by atoms with E-state index >= 15 is 0 Å². The topological polar surface area (TPSA) is 41.8 Å². The van der Waals surface area contributed by atoms with E-state index in [-0.39, 0.29) is 5.78 Å². The molecule has 3 heteroatoms. The molecular formula is C10H16N2O. The van der Waals surface area contributed by atoms with Crippen molar-refractivity contribution in [3.63, 3.8) is 0 Å². The number of allylic oxidation sites excluding steroid dienone is 2. The van der Waals surface area contributed by atoms with Crippen molar-refractivity contribution in [1.82, 2.24) is 0 Å². The van der Waals surface area contributed by atoms with E-state index < -0.39 is 0 Å². The molecule has 0 radical (unpaired) electrons. The highest BCUT2D eigenvalue weighted by atomic mass is 16.1. The maximum absolute atomic E-state index is 10.6. The van der Waals surface area contributed by atoms with Crippen LogP contribution in [0.1, 0.15) is 34.1 Å². The second kappa shape index (κ2) is 6.29. The van der Waals surface area contributed by atoms with Crippen LogP contribution in [0.3, 0.4) is 0 Å². The predicted molar refractivity (Wildman–Crippen MR) is 56.3 cm³/mol. The summed E-state index contributed by atoms with van der Waals surface area (Å²) in [6, 6.07) is 0. The Morgan fingerprint density at radius 3 is 2.23 bits per heavy atom. The molecule has 0 unspecified atom stereocenters. The van der Waals surface area contributed by atoms with Gasteiger partial charge in [-0.1, -0.05) is 6.92 Å². The van der Waals surface area contributed by atoms with Crippen LogP contribution >= 0.6 is 0 Å². The summed E-state index contributed by atoms with van der Waals surface area (Å²) in [5.74, 6) is 0.0192. The third-order valence-electron chi connectivity index (χ3n) is 1.45. The van der Waals surface area contributed by atoms with Gasteiger partial charge in [0, 0.05) is 5.71 Å². The minimum atomic E-state index is 0.0192. The van der Waals surface area contributed by atoms with Crippen LogP contribution in [0.2, 0.25) is 0 Å². The summed E-state index contributed by atoms with van der Waals surface area (Å²) in [5.41, 5.74) is 1.72. The van der Waals surface area contributed by atoms with Crippen molar-refractivity contribution < 1.29 is 4.79 Å². The van der Waals surface area contributed by atoms with Gasteiger partial charge in [0.1, 0.15) is 0 Å². The largest absolute Gasteiger partial charge is 0.295 e. The Morgan fingerprint density at radius 2 is 1.77 bits per heavy atom. The Hall–Kier alpha value is -1.25. The highest BCUT2D eigenvalue weighted by Crippen LogP contribution is 1.88. The van der Waals surface area contributed by atoms with Gasteiger partial charge in [-0.15, -0.1) is 0 Å². The Bertz CT molecular complexity index is 262. The molecule has 0 heterocycles. The SMILES string of the molecule is CC/C(C)=N/N=C(C)/C=C\C(C)=O. The van der Waals surface area contributed by atoms with Gasteiger partial charge in [0.15, 0.2) is 5.78 Å². The lowest BCUT2D eigenvalue weighted by Gasteiger charge is -1.90. The number of carbonyl (C=O) groups excluding carboxylic acids is 1. The molecule has 0 amide bonds. The number of nitrogens with zero attached hydrogens (tertiary/aromatic N) is 2. The first-order valence-electron chi connectivity index (χ1n) is 4.32. The van der Waals surface area contributed by atoms with Crippen molar-refractivity contribution in [3.05, 3.63) is 12.2 Å². The van der Waals surface area contributed by atoms with Crippen LogP contribution in [0, 0.1) is 0 Å². The van der Waals surface area contributed by atoms with Crippen molar-refractivity contribution in [2.75, 3.05) is 0 Å². The second-order valence-electron chi connectivity index (χ2n) is 2.87. The van der Waals surface area contributed by atoms with Crippen molar-refractivity contribution in [3.8, 4) is 0 Å². The maximum Gasteiger partial charge on any atom is 0.152 e. The summed E-state index contributed by atoms with van der Waals surface area (Å²) < 4.78 is 0. The molecule has 0 aliphatic heterocycles. The monoisotopic (exact) mass is 180 g/mol. The lowest BCUT2D eigenvalue weighted by molar-refractivity contribution is -0.112. The zero-order valence-electron chi connectivity index (χ0n) is 8.66. The zero-order valence-corrected chi connectivity index (χ0v) is 8.66. The van der Waals surface area contributed by atoms with Crippen molar-refractivity contribution >= 4 is 17.2 Å². The fraction of sp³-hybridized carbons (Fsp3) is 0.500. The maximum atomic E-state index is 10.6. The summed E-state index contributed by atoms with van der Waals surface area (Å²) in [7, 11) is 0. The van der Waals surface area contributed by atoms with E-state index in [9.17, 15) is 4.79 Å². The molecule has 0 saturated heterocycles. The fourth-order valence-corrected chi connectivity index (χ4v) is 0.506. The molecule has 0 aromatic heterocycles. The van der Waals surface area contributed by atoms with Gasteiger partial charge in [-0.3, -0.25) is 4.79 Å². The number of hydrogen-bond acceptors (Lipinski definition) is 3. The minimum Gasteiger partial charge on any atom is -0.295 e. The molecule has 0 bridgehead atoms.